The summed E-state index contributed by atoms with van der Waals surface area (Å²) < 4.78 is 30.8. The molecule has 0 saturated heterocycles. The second-order valence-corrected chi connectivity index (χ2v) is 5.96. The van der Waals surface area contributed by atoms with E-state index in [-0.39, 0.29) is 5.56 Å². The van der Waals surface area contributed by atoms with Crippen LogP contribution in [0.3, 0.4) is 0 Å². The van der Waals surface area contributed by atoms with Gasteiger partial charge in [0.05, 0.1) is 5.56 Å². The van der Waals surface area contributed by atoms with Gasteiger partial charge in [0.1, 0.15) is 11.6 Å². The van der Waals surface area contributed by atoms with E-state index in [4.69, 9.17) is 0 Å². The maximum Gasteiger partial charge on any atom is 0.338 e. The van der Waals surface area contributed by atoms with Gasteiger partial charge in [-0.05, 0) is 50.2 Å². The summed E-state index contributed by atoms with van der Waals surface area (Å²) in [5.41, 5.74) is 5.22. The smallest absolute Gasteiger partial charge is 0.338 e. The first-order valence-corrected chi connectivity index (χ1v) is 8.91. The first-order chi connectivity index (χ1) is 13.8. The lowest BCUT2D eigenvalue weighted by Crippen LogP contribution is -2.43. The van der Waals surface area contributed by atoms with Crippen molar-refractivity contribution in [3.05, 3.63) is 65.2 Å². The number of benzene rings is 2. The van der Waals surface area contributed by atoms with Gasteiger partial charge in [0.2, 0.25) is 0 Å². The predicted octanol–water partition coefficient (Wildman–Crippen LogP) is 2.43. The number of carbonyl (C=O) groups excluding carboxylic acids is 3. The number of nitrogens with zero attached hydrogens (tertiary/aromatic N) is 1. The van der Waals surface area contributed by atoms with Crippen LogP contribution in [0, 0.1) is 11.6 Å². The quantitative estimate of drug-likeness (QED) is 0.546. The van der Waals surface area contributed by atoms with Gasteiger partial charge in [-0.3, -0.25) is 20.4 Å². The molecule has 154 valence electrons. The molecule has 0 heterocycles. The first-order valence-electron chi connectivity index (χ1n) is 8.91. The number of esters is 1. The molecule has 0 fully saturated rings. The van der Waals surface area contributed by atoms with Gasteiger partial charge < -0.3 is 9.64 Å². The highest BCUT2D eigenvalue weighted by molar-refractivity contribution is 5.96. The Morgan fingerprint density at radius 3 is 2.03 bits per heavy atom. The number of hydrogen-bond donors (Lipinski definition) is 2. The molecule has 0 saturated carbocycles. The topological polar surface area (TPSA) is 87.7 Å². The number of carbonyl (C=O) groups is 3. The number of rotatable bonds is 7. The summed E-state index contributed by atoms with van der Waals surface area (Å²) in [4.78, 5) is 37.6. The average Bonchev–Trinajstić information content (AvgIpc) is 2.71. The number of amides is 2. The van der Waals surface area contributed by atoms with Gasteiger partial charge in [-0.2, -0.15) is 0 Å². The molecule has 2 rings (SSSR count). The molecule has 0 aliphatic heterocycles. The highest BCUT2D eigenvalue weighted by Crippen LogP contribution is 2.14. The molecule has 2 N–H and O–H groups in total. The van der Waals surface area contributed by atoms with Gasteiger partial charge in [0.15, 0.2) is 6.61 Å². The van der Waals surface area contributed by atoms with Crippen LogP contribution in [-0.4, -0.2) is 37.5 Å². The Hall–Kier alpha value is -3.49. The fraction of sp³-hybridized carbons (Fsp3) is 0.250. The van der Waals surface area contributed by atoms with E-state index >= 15 is 0 Å². The van der Waals surface area contributed by atoms with Crippen LogP contribution in [0.25, 0.3) is 0 Å². The predicted molar refractivity (Wildman–Crippen MR) is 102 cm³/mol. The van der Waals surface area contributed by atoms with Crippen molar-refractivity contribution in [2.24, 2.45) is 0 Å². The molecule has 0 aliphatic carbocycles. The van der Waals surface area contributed by atoms with E-state index in [0.717, 1.165) is 30.9 Å². The van der Waals surface area contributed by atoms with Gasteiger partial charge in [0, 0.05) is 30.4 Å². The van der Waals surface area contributed by atoms with E-state index in [1.54, 1.807) is 24.3 Å². The lowest BCUT2D eigenvalue weighted by atomic mass is 10.2. The van der Waals surface area contributed by atoms with Gasteiger partial charge >= 0.3 is 5.97 Å². The number of anilines is 1. The maximum atomic E-state index is 13.1. The SMILES string of the molecule is CCN(CC)c1ccc(C(=O)NNC(=O)COC(=O)c2cc(F)cc(F)c2)cc1. The molecule has 2 aromatic carbocycles. The third kappa shape index (κ3) is 6.27. The Balaban J connectivity index is 1.82. The Kier molecular flexibility index (Phi) is 7.64. The minimum atomic E-state index is -1.07. The molecule has 0 atom stereocenters. The Morgan fingerprint density at radius 1 is 0.897 bits per heavy atom. The zero-order valence-electron chi connectivity index (χ0n) is 16.0. The summed E-state index contributed by atoms with van der Waals surface area (Å²) in [5, 5.41) is 0. The van der Waals surface area contributed by atoms with Crippen LogP contribution in [0.2, 0.25) is 0 Å². The largest absolute Gasteiger partial charge is 0.452 e. The van der Waals surface area contributed by atoms with Crippen molar-refractivity contribution >= 4 is 23.5 Å². The summed E-state index contributed by atoms with van der Waals surface area (Å²) in [5.74, 6) is -4.33. The third-order valence-corrected chi connectivity index (χ3v) is 4.01. The molecular weight excluding hydrogens is 384 g/mol. The lowest BCUT2D eigenvalue weighted by Gasteiger charge is -2.21. The van der Waals surface area contributed by atoms with E-state index in [9.17, 15) is 23.2 Å². The van der Waals surface area contributed by atoms with Crippen molar-refractivity contribution in [1.29, 1.82) is 0 Å². The van der Waals surface area contributed by atoms with Gasteiger partial charge in [-0.25, -0.2) is 13.6 Å². The van der Waals surface area contributed by atoms with Gasteiger partial charge in [-0.15, -0.1) is 0 Å². The molecule has 2 amide bonds. The van der Waals surface area contributed by atoms with Crippen LogP contribution in [0.1, 0.15) is 34.6 Å². The molecular formula is C20H21F2N3O4. The summed E-state index contributed by atoms with van der Waals surface area (Å²) in [6.45, 7) is 4.98. The first kappa shape index (κ1) is 21.8. The van der Waals surface area contributed by atoms with Crippen molar-refractivity contribution in [3.63, 3.8) is 0 Å². The van der Waals surface area contributed by atoms with E-state index in [2.05, 4.69) is 20.5 Å². The standard InChI is InChI=1S/C20H21F2N3O4/c1-3-25(4-2)17-7-5-13(6-8-17)19(27)24-23-18(26)12-29-20(28)14-9-15(21)11-16(22)10-14/h5-11H,3-4,12H2,1-2H3,(H,23,26)(H,24,27). The van der Waals surface area contributed by atoms with E-state index < -0.39 is 36.0 Å². The van der Waals surface area contributed by atoms with E-state index in [0.29, 0.717) is 11.6 Å². The minimum Gasteiger partial charge on any atom is -0.452 e. The molecule has 0 aromatic heterocycles. The molecule has 0 spiro atoms. The van der Waals surface area contributed by atoms with Crippen LogP contribution in [0.5, 0.6) is 0 Å². The van der Waals surface area contributed by atoms with Crippen LogP contribution < -0.4 is 15.8 Å². The molecule has 0 radical (unpaired) electrons. The Labute approximate surface area is 166 Å². The summed E-state index contributed by atoms with van der Waals surface area (Å²) >= 11 is 0. The van der Waals surface area contributed by atoms with Crippen molar-refractivity contribution in [2.75, 3.05) is 24.6 Å². The molecule has 0 bridgehead atoms. The second kappa shape index (κ2) is 10.2. The zero-order chi connectivity index (χ0) is 21.4. The molecule has 9 heteroatoms. The van der Waals surface area contributed by atoms with E-state index in [1.165, 1.54) is 0 Å². The molecule has 0 aliphatic rings. The minimum absolute atomic E-state index is 0.327. The van der Waals surface area contributed by atoms with Crippen LogP contribution in [-0.2, 0) is 9.53 Å². The van der Waals surface area contributed by atoms with Crippen molar-refractivity contribution < 1.29 is 27.9 Å². The highest BCUT2D eigenvalue weighted by Gasteiger charge is 2.14. The van der Waals surface area contributed by atoms with E-state index in [1.807, 2.05) is 13.8 Å². The van der Waals surface area contributed by atoms with Crippen LogP contribution >= 0.6 is 0 Å². The van der Waals surface area contributed by atoms with Crippen molar-refractivity contribution in [2.45, 2.75) is 13.8 Å². The zero-order valence-corrected chi connectivity index (χ0v) is 16.0. The summed E-state index contributed by atoms with van der Waals surface area (Å²) in [6.07, 6.45) is 0. The molecule has 29 heavy (non-hydrogen) atoms. The number of hydrazine groups is 1. The number of ether oxygens (including phenoxy) is 1. The Morgan fingerprint density at radius 2 is 1.48 bits per heavy atom. The van der Waals surface area contributed by atoms with Crippen LogP contribution in [0.15, 0.2) is 42.5 Å². The van der Waals surface area contributed by atoms with Gasteiger partial charge in [-0.1, -0.05) is 0 Å². The fourth-order valence-corrected chi connectivity index (χ4v) is 2.53. The Bertz CT molecular complexity index is 864. The van der Waals surface area contributed by atoms with Crippen molar-refractivity contribution in [1.82, 2.24) is 10.9 Å². The number of hydrogen-bond acceptors (Lipinski definition) is 5. The summed E-state index contributed by atoms with van der Waals surface area (Å²) in [6, 6.07) is 9.00. The highest BCUT2D eigenvalue weighted by atomic mass is 19.1. The lowest BCUT2D eigenvalue weighted by molar-refractivity contribution is -0.125. The van der Waals surface area contributed by atoms with Crippen LogP contribution in [0.4, 0.5) is 14.5 Å². The third-order valence-electron chi connectivity index (χ3n) is 4.01. The normalized spacial score (nSPS) is 10.2. The number of nitrogens with one attached hydrogen (secondary N) is 2. The number of halogens is 2. The molecule has 0 unspecified atom stereocenters. The fourth-order valence-electron chi connectivity index (χ4n) is 2.53. The summed E-state index contributed by atoms with van der Waals surface area (Å²) in [7, 11) is 0. The second-order valence-electron chi connectivity index (χ2n) is 5.96. The van der Waals surface area contributed by atoms with Crippen molar-refractivity contribution in [3.8, 4) is 0 Å². The van der Waals surface area contributed by atoms with Gasteiger partial charge in [0.25, 0.3) is 11.8 Å². The average molecular weight is 405 g/mol. The molecule has 2 aromatic rings. The monoisotopic (exact) mass is 405 g/mol. The molecule has 7 nitrogen and oxygen atoms in total. The maximum absolute atomic E-state index is 13.1.